The van der Waals surface area contributed by atoms with E-state index in [0.29, 0.717) is 18.7 Å². The van der Waals surface area contributed by atoms with Gasteiger partial charge in [0.15, 0.2) is 0 Å². The number of carbonyl (C=O) groups is 1. The second-order valence-corrected chi connectivity index (χ2v) is 3.83. The summed E-state index contributed by atoms with van der Waals surface area (Å²) in [6.07, 6.45) is 3.58. The lowest BCUT2D eigenvalue weighted by atomic mass is 10.2. The Morgan fingerprint density at radius 1 is 1.53 bits per heavy atom. The first-order chi connectivity index (χ1) is 8.18. The second-order valence-electron chi connectivity index (χ2n) is 3.83. The van der Waals surface area contributed by atoms with Gasteiger partial charge in [-0.25, -0.2) is 0 Å². The molecule has 6 heteroatoms. The molecule has 0 aliphatic rings. The molecular weight excluding hydrogens is 218 g/mol. The van der Waals surface area contributed by atoms with Crippen LogP contribution in [0.5, 0.6) is 0 Å². The zero-order valence-corrected chi connectivity index (χ0v) is 9.90. The maximum Gasteiger partial charge on any atom is 0.255 e. The highest BCUT2D eigenvalue weighted by atomic mass is 16.1. The van der Waals surface area contributed by atoms with Gasteiger partial charge >= 0.3 is 0 Å². The predicted octanol–water partition coefficient (Wildman–Crippen LogP) is 0.653. The molecule has 0 aliphatic heterocycles. The number of hydrogen-bond acceptors (Lipinski definition) is 3. The monoisotopic (exact) mass is 233 g/mol. The molecule has 6 nitrogen and oxygen atoms in total. The van der Waals surface area contributed by atoms with Crippen molar-refractivity contribution >= 4 is 5.91 Å². The summed E-state index contributed by atoms with van der Waals surface area (Å²) in [6, 6.07) is 1.85. The van der Waals surface area contributed by atoms with Gasteiger partial charge in [0.05, 0.1) is 17.8 Å². The lowest BCUT2D eigenvalue weighted by molar-refractivity contribution is 0.0951. The third-order valence-corrected chi connectivity index (χ3v) is 2.54. The van der Waals surface area contributed by atoms with Gasteiger partial charge in [-0.3, -0.25) is 14.6 Å². The summed E-state index contributed by atoms with van der Waals surface area (Å²) in [5.41, 5.74) is 2.14. The number of hydrogen-bond donors (Lipinski definition) is 2. The largest absolute Gasteiger partial charge is 0.350 e. The SMILES string of the molecule is Cc1n[nH]c(C)c1C(=O)NCCn1cccn1. The number of nitrogens with zero attached hydrogens (tertiary/aromatic N) is 3. The third kappa shape index (κ3) is 2.52. The highest BCUT2D eigenvalue weighted by Crippen LogP contribution is 2.08. The number of aromatic amines is 1. The van der Waals surface area contributed by atoms with E-state index in [0.717, 1.165) is 11.4 Å². The first kappa shape index (κ1) is 11.4. The quantitative estimate of drug-likeness (QED) is 0.814. The minimum Gasteiger partial charge on any atom is -0.350 e. The van der Waals surface area contributed by atoms with Crippen molar-refractivity contribution in [1.82, 2.24) is 25.3 Å². The van der Waals surface area contributed by atoms with Crippen LogP contribution in [0.3, 0.4) is 0 Å². The van der Waals surface area contributed by atoms with Gasteiger partial charge in [-0.2, -0.15) is 10.2 Å². The van der Waals surface area contributed by atoms with Crippen LogP contribution in [0.15, 0.2) is 18.5 Å². The fraction of sp³-hybridized carbons (Fsp3) is 0.364. The lowest BCUT2D eigenvalue weighted by Crippen LogP contribution is -2.28. The van der Waals surface area contributed by atoms with E-state index in [-0.39, 0.29) is 5.91 Å². The van der Waals surface area contributed by atoms with E-state index in [4.69, 9.17) is 0 Å². The van der Waals surface area contributed by atoms with E-state index < -0.39 is 0 Å². The molecule has 0 aromatic carbocycles. The van der Waals surface area contributed by atoms with Gasteiger partial charge in [-0.05, 0) is 19.9 Å². The summed E-state index contributed by atoms with van der Waals surface area (Å²) < 4.78 is 1.77. The van der Waals surface area contributed by atoms with Crippen LogP contribution in [0.1, 0.15) is 21.7 Å². The highest BCUT2D eigenvalue weighted by Gasteiger charge is 2.14. The van der Waals surface area contributed by atoms with E-state index in [9.17, 15) is 4.79 Å². The minimum atomic E-state index is -0.0964. The number of aromatic nitrogens is 4. The molecule has 0 spiro atoms. The molecule has 0 saturated carbocycles. The van der Waals surface area contributed by atoms with E-state index in [2.05, 4.69) is 20.6 Å². The molecule has 2 rings (SSSR count). The highest BCUT2D eigenvalue weighted by molar-refractivity contribution is 5.96. The molecule has 17 heavy (non-hydrogen) atoms. The number of amides is 1. The van der Waals surface area contributed by atoms with Crippen LogP contribution in [0.25, 0.3) is 0 Å². The lowest BCUT2D eigenvalue weighted by Gasteiger charge is -2.05. The summed E-state index contributed by atoms with van der Waals surface area (Å²) in [5, 5.41) is 13.7. The molecule has 0 atom stereocenters. The average molecular weight is 233 g/mol. The Morgan fingerprint density at radius 3 is 2.94 bits per heavy atom. The van der Waals surface area contributed by atoms with Crippen molar-refractivity contribution in [2.45, 2.75) is 20.4 Å². The molecule has 0 radical (unpaired) electrons. The van der Waals surface area contributed by atoms with Crippen molar-refractivity contribution in [3.63, 3.8) is 0 Å². The first-order valence-electron chi connectivity index (χ1n) is 5.45. The van der Waals surface area contributed by atoms with E-state index in [1.807, 2.05) is 26.1 Å². The Morgan fingerprint density at radius 2 is 2.35 bits per heavy atom. The molecular formula is C11H15N5O. The zero-order valence-electron chi connectivity index (χ0n) is 9.90. The van der Waals surface area contributed by atoms with Crippen molar-refractivity contribution < 1.29 is 4.79 Å². The number of carbonyl (C=O) groups excluding carboxylic acids is 1. The minimum absolute atomic E-state index is 0.0964. The molecule has 0 bridgehead atoms. The zero-order chi connectivity index (χ0) is 12.3. The van der Waals surface area contributed by atoms with E-state index in [1.165, 1.54) is 0 Å². The molecule has 2 aromatic heterocycles. The number of rotatable bonds is 4. The number of H-pyrrole nitrogens is 1. The van der Waals surface area contributed by atoms with Crippen LogP contribution in [-0.2, 0) is 6.54 Å². The normalized spacial score (nSPS) is 10.5. The summed E-state index contributed by atoms with van der Waals surface area (Å²) in [7, 11) is 0. The van der Waals surface area contributed by atoms with Crippen molar-refractivity contribution in [2.24, 2.45) is 0 Å². The molecule has 0 aliphatic carbocycles. The van der Waals surface area contributed by atoms with Crippen LogP contribution in [0, 0.1) is 13.8 Å². The van der Waals surface area contributed by atoms with Gasteiger partial charge in [-0.15, -0.1) is 0 Å². The summed E-state index contributed by atoms with van der Waals surface area (Å²) in [6.45, 7) is 4.85. The molecule has 2 heterocycles. The average Bonchev–Trinajstić information content (AvgIpc) is 2.89. The van der Waals surface area contributed by atoms with Gasteiger partial charge < -0.3 is 5.32 Å². The Balaban J connectivity index is 1.90. The Hall–Kier alpha value is -2.11. The van der Waals surface area contributed by atoms with Crippen molar-refractivity contribution in [2.75, 3.05) is 6.54 Å². The Kier molecular flexibility index (Phi) is 3.22. The van der Waals surface area contributed by atoms with Crippen LogP contribution in [0.4, 0.5) is 0 Å². The van der Waals surface area contributed by atoms with Crippen LogP contribution < -0.4 is 5.32 Å². The van der Waals surface area contributed by atoms with E-state index >= 15 is 0 Å². The maximum absolute atomic E-state index is 11.9. The molecule has 0 fully saturated rings. The molecule has 2 N–H and O–H groups in total. The fourth-order valence-corrected chi connectivity index (χ4v) is 1.69. The van der Waals surface area contributed by atoms with Crippen LogP contribution >= 0.6 is 0 Å². The molecule has 2 aromatic rings. The fourth-order valence-electron chi connectivity index (χ4n) is 1.69. The van der Waals surface area contributed by atoms with Crippen molar-refractivity contribution in [1.29, 1.82) is 0 Å². The number of aryl methyl sites for hydroxylation is 2. The van der Waals surface area contributed by atoms with Crippen molar-refractivity contribution in [3.05, 3.63) is 35.4 Å². The molecule has 0 saturated heterocycles. The number of nitrogens with one attached hydrogen (secondary N) is 2. The first-order valence-corrected chi connectivity index (χ1v) is 5.45. The molecule has 0 unspecified atom stereocenters. The topological polar surface area (TPSA) is 75.6 Å². The van der Waals surface area contributed by atoms with Gasteiger partial charge in [0, 0.05) is 24.6 Å². The Bertz CT molecular complexity index is 480. The Labute approximate surface area is 99.0 Å². The van der Waals surface area contributed by atoms with Crippen LogP contribution in [-0.4, -0.2) is 32.4 Å². The molecule has 90 valence electrons. The third-order valence-electron chi connectivity index (χ3n) is 2.54. The standard InChI is InChI=1S/C11H15N5O/c1-8-10(9(2)15-14-8)11(17)12-5-7-16-6-3-4-13-16/h3-4,6H,5,7H2,1-2H3,(H,12,17)(H,14,15). The maximum atomic E-state index is 11.9. The predicted molar refractivity (Wildman–Crippen MR) is 62.6 cm³/mol. The van der Waals surface area contributed by atoms with Gasteiger partial charge in [-0.1, -0.05) is 0 Å². The van der Waals surface area contributed by atoms with Gasteiger partial charge in [0.25, 0.3) is 5.91 Å². The van der Waals surface area contributed by atoms with Gasteiger partial charge in [0.2, 0.25) is 0 Å². The summed E-state index contributed by atoms with van der Waals surface area (Å²) in [5.74, 6) is -0.0964. The van der Waals surface area contributed by atoms with Crippen molar-refractivity contribution in [3.8, 4) is 0 Å². The molecule has 1 amide bonds. The van der Waals surface area contributed by atoms with Crippen LogP contribution in [0.2, 0.25) is 0 Å². The van der Waals surface area contributed by atoms with Gasteiger partial charge in [0.1, 0.15) is 0 Å². The van der Waals surface area contributed by atoms with E-state index in [1.54, 1.807) is 10.9 Å². The summed E-state index contributed by atoms with van der Waals surface area (Å²) in [4.78, 5) is 11.9. The second kappa shape index (κ2) is 4.82. The summed E-state index contributed by atoms with van der Waals surface area (Å²) >= 11 is 0. The smallest absolute Gasteiger partial charge is 0.255 e.